The second kappa shape index (κ2) is 7.46. The van der Waals surface area contributed by atoms with Gasteiger partial charge in [0.1, 0.15) is 0 Å². The first-order valence-corrected chi connectivity index (χ1v) is 10.7. The average Bonchev–Trinajstić information content (AvgIpc) is 3.08. The normalized spacial score (nSPS) is 26.1. The molecule has 1 N–H and O–H groups in total. The fourth-order valence-corrected chi connectivity index (χ4v) is 5.17. The number of hydrogen-bond donors (Lipinski definition) is 1. The van der Waals surface area contributed by atoms with E-state index < -0.39 is 0 Å². The SMILES string of the molecule is O=C(c1ccc2c(c1)[C@@H]1C=CC[C@@H]1[C@@H](c1ccccc1)N2)N1CCCCCC1. The van der Waals surface area contributed by atoms with Crippen molar-refractivity contribution in [2.75, 3.05) is 18.4 Å². The number of rotatable bonds is 2. The van der Waals surface area contributed by atoms with Crippen molar-refractivity contribution in [2.24, 2.45) is 5.92 Å². The first-order valence-electron chi connectivity index (χ1n) is 10.7. The van der Waals surface area contributed by atoms with E-state index in [9.17, 15) is 4.79 Å². The highest BCUT2D eigenvalue weighted by molar-refractivity contribution is 5.95. The van der Waals surface area contributed by atoms with Crippen molar-refractivity contribution >= 4 is 11.6 Å². The van der Waals surface area contributed by atoms with Crippen molar-refractivity contribution in [2.45, 2.75) is 44.1 Å². The Morgan fingerprint density at radius 2 is 1.75 bits per heavy atom. The standard InChI is InChI=1S/C25H28N2O/c28-25(27-15-6-1-2-7-16-27)19-13-14-23-22(17-19)20-11-8-12-21(20)24(26-23)18-9-4-3-5-10-18/h3-5,8-11,13-14,17,20-21,24,26H,1-2,6-7,12,15-16H2/t20-,21+,24-/m1/s1. The molecular formula is C25H28N2O. The number of nitrogens with one attached hydrogen (secondary N) is 1. The smallest absolute Gasteiger partial charge is 0.253 e. The van der Waals surface area contributed by atoms with Crippen LogP contribution in [0.1, 0.15) is 65.5 Å². The van der Waals surface area contributed by atoms with E-state index in [-0.39, 0.29) is 5.91 Å². The quantitative estimate of drug-likeness (QED) is 0.703. The van der Waals surface area contributed by atoms with Crippen LogP contribution in [0.3, 0.4) is 0 Å². The summed E-state index contributed by atoms with van der Waals surface area (Å²) in [6.45, 7) is 1.80. The first-order chi connectivity index (χ1) is 13.8. The molecule has 0 unspecified atom stereocenters. The van der Waals surface area contributed by atoms with Gasteiger partial charge < -0.3 is 10.2 Å². The Morgan fingerprint density at radius 1 is 0.964 bits per heavy atom. The third-order valence-corrected chi connectivity index (χ3v) is 6.66. The number of anilines is 1. The van der Waals surface area contributed by atoms with Crippen LogP contribution >= 0.6 is 0 Å². The number of amides is 1. The lowest BCUT2D eigenvalue weighted by Gasteiger charge is -2.38. The molecule has 1 fully saturated rings. The Balaban J connectivity index is 1.46. The third kappa shape index (κ3) is 3.13. The molecule has 1 saturated heterocycles. The highest BCUT2D eigenvalue weighted by atomic mass is 16.2. The molecule has 0 bridgehead atoms. The van der Waals surface area contributed by atoms with Crippen molar-refractivity contribution in [3.63, 3.8) is 0 Å². The Morgan fingerprint density at radius 3 is 2.54 bits per heavy atom. The molecule has 0 saturated carbocycles. The van der Waals surface area contributed by atoms with Crippen LogP contribution in [0.4, 0.5) is 5.69 Å². The summed E-state index contributed by atoms with van der Waals surface area (Å²) in [5.41, 5.74) is 4.65. The van der Waals surface area contributed by atoms with Crippen molar-refractivity contribution in [1.82, 2.24) is 4.90 Å². The second-order valence-electron chi connectivity index (χ2n) is 8.39. The van der Waals surface area contributed by atoms with Crippen molar-refractivity contribution < 1.29 is 4.79 Å². The van der Waals surface area contributed by atoms with Gasteiger partial charge in [0.2, 0.25) is 0 Å². The summed E-state index contributed by atoms with van der Waals surface area (Å²) in [6.07, 6.45) is 10.5. The van der Waals surface area contributed by atoms with Gasteiger partial charge in [-0.25, -0.2) is 0 Å². The van der Waals surface area contributed by atoms with Gasteiger partial charge in [-0.05, 0) is 54.5 Å². The summed E-state index contributed by atoms with van der Waals surface area (Å²) in [6, 6.07) is 17.4. The lowest BCUT2D eigenvalue weighted by molar-refractivity contribution is 0.0761. The van der Waals surface area contributed by atoms with E-state index in [4.69, 9.17) is 0 Å². The number of nitrogens with zero attached hydrogens (tertiary/aromatic N) is 1. The molecule has 0 spiro atoms. The van der Waals surface area contributed by atoms with Crippen LogP contribution in [0.5, 0.6) is 0 Å². The maximum absolute atomic E-state index is 13.1. The summed E-state index contributed by atoms with van der Waals surface area (Å²) < 4.78 is 0. The average molecular weight is 373 g/mol. The minimum absolute atomic E-state index is 0.202. The van der Waals surface area contributed by atoms with Crippen molar-refractivity contribution in [1.29, 1.82) is 0 Å². The van der Waals surface area contributed by atoms with E-state index >= 15 is 0 Å². The van der Waals surface area contributed by atoms with E-state index in [0.29, 0.717) is 17.9 Å². The van der Waals surface area contributed by atoms with Crippen LogP contribution in [0, 0.1) is 5.92 Å². The van der Waals surface area contributed by atoms with Crippen LogP contribution in [0.15, 0.2) is 60.7 Å². The van der Waals surface area contributed by atoms with Gasteiger partial charge >= 0.3 is 0 Å². The molecule has 5 rings (SSSR count). The Bertz CT molecular complexity index is 881. The van der Waals surface area contributed by atoms with Crippen LogP contribution in [-0.2, 0) is 0 Å². The molecule has 1 aliphatic carbocycles. The predicted octanol–water partition coefficient (Wildman–Crippen LogP) is 5.53. The Hall–Kier alpha value is -2.55. The van der Waals surface area contributed by atoms with E-state index in [0.717, 1.165) is 37.9 Å². The fourth-order valence-electron chi connectivity index (χ4n) is 5.17. The Labute approximate surface area is 167 Å². The largest absolute Gasteiger partial charge is 0.378 e. The molecule has 144 valence electrons. The number of carbonyl (C=O) groups excluding carboxylic acids is 1. The maximum atomic E-state index is 13.1. The molecule has 2 aromatic carbocycles. The van der Waals surface area contributed by atoms with Crippen molar-refractivity contribution in [3.05, 3.63) is 77.4 Å². The van der Waals surface area contributed by atoms with Crippen LogP contribution in [0.2, 0.25) is 0 Å². The molecule has 3 aliphatic rings. The minimum atomic E-state index is 0.202. The molecule has 2 heterocycles. The lowest BCUT2D eigenvalue weighted by Crippen LogP contribution is -2.33. The van der Waals surface area contributed by atoms with Gasteiger partial charge in [0.05, 0.1) is 6.04 Å². The lowest BCUT2D eigenvalue weighted by atomic mass is 9.76. The molecule has 3 nitrogen and oxygen atoms in total. The molecule has 3 heteroatoms. The molecule has 0 radical (unpaired) electrons. The third-order valence-electron chi connectivity index (χ3n) is 6.66. The predicted molar refractivity (Wildman–Crippen MR) is 114 cm³/mol. The number of fused-ring (bicyclic) bond motifs is 3. The summed E-state index contributed by atoms with van der Waals surface area (Å²) in [4.78, 5) is 15.2. The molecule has 3 atom stereocenters. The van der Waals surface area contributed by atoms with Crippen LogP contribution in [-0.4, -0.2) is 23.9 Å². The minimum Gasteiger partial charge on any atom is -0.378 e. The van der Waals surface area contributed by atoms with Gasteiger partial charge in [0.15, 0.2) is 0 Å². The fraction of sp³-hybridized carbons (Fsp3) is 0.400. The van der Waals surface area contributed by atoms with Gasteiger partial charge in [-0.3, -0.25) is 4.79 Å². The zero-order chi connectivity index (χ0) is 18.9. The van der Waals surface area contributed by atoms with Gasteiger partial charge in [-0.2, -0.15) is 0 Å². The van der Waals surface area contributed by atoms with Gasteiger partial charge in [0, 0.05) is 30.3 Å². The van der Waals surface area contributed by atoms with Crippen molar-refractivity contribution in [3.8, 4) is 0 Å². The zero-order valence-corrected chi connectivity index (χ0v) is 16.3. The van der Waals surface area contributed by atoms with E-state index in [2.05, 4.69) is 64.8 Å². The molecule has 0 aromatic heterocycles. The van der Waals surface area contributed by atoms with Gasteiger partial charge in [0.25, 0.3) is 5.91 Å². The second-order valence-corrected chi connectivity index (χ2v) is 8.39. The summed E-state index contributed by atoms with van der Waals surface area (Å²) in [7, 11) is 0. The van der Waals surface area contributed by atoms with Crippen LogP contribution in [0.25, 0.3) is 0 Å². The number of likely N-dealkylation sites (tertiary alicyclic amines) is 1. The molecule has 2 aliphatic heterocycles. The van der Waals surface area contributed by atoms with Gasteiger partial charge in [-0.15, -0.1) is 0 Å². The topological polar surface area (TPSA) is 32.3 Å². The number of carbonyl (C=O) groups is 1. The maximum Gasteiger partial charge on any atom is 0.253 e. The van der Waals surface area contributed by atoms with E-state index in [1.807, 2.05) is 6.07 Å². The van der Waals surface area contributed by atoms with E-state index in [1.165, 1.54) is 29.7 Å². The van der Waals surface area contributed by atoms with Gasteiger partial charge in [-0.1, -0.05) is 55.3 Å². The highest BCUT2D eigenvalue weighted by Crippen LogP contribution is 2.49. The molecule has 1 amide bonds. The number of benzene rings is 2. The molecule has 28 heavy (non-hydrogen) atoms. The molecular weight excluding hydrogens is 344 g/mol. The number of allylic oxidation sites excluding steroid dienone is 2. The van der Waals surface area contributed by atoms with Crippen LogP contribution < -0.4 is 5.32 Å². The monoisotopic (exact) mass is 372 g/mol. The zero-order valence-electron chi connectivity index (χ0n) is 16.3. The first kappa shape index (κ1) is 17.5. The Kier molecular flexibility index (Phi) is 4.67. The summed E-state index contributed by atoms with van der Waals surface area (Å²) in [5, 5.41) is 3.78. The summed E-state index contributed by atoms with van der Waals surface area (Å²) >= 11 is 0. The summed E-state index contributed by atoms with van der Waals surface area (Å²) in [5.74, 6) is 1.10. The number of hydrogen-bond acceptors (Lipinski definition) is 2. The molecule has 2 aromatic rings. The van der Waals surface area contributed by atoms with E-state index in [1.54, 1.807) is 0 Å². The highest BCUT2D eigenvalue weighted by Gasteiger charge is 2.38.